The van der Waals surface area contributed by atoms with E-state index in [2.05, 4.69) is 26.7 Å². The van der Waals surface area contributed by atoms with Crippen LogP contribution >= 0.6 is 0 Å². The Morgan fingerprint density at radius 3 is 2.53 bits per heavy atom. The molecule has 4 aliphatic carbocycles. The van der Waals surface area contributed by atoms with E-state index in [-0.39, 0.29) is 17.9 Å². The highest BCUT2D eigenvalue weighted by molar-refractivity contribution is 5.53. The summed E-state index contributed by atoms with van der Waals surface area (Å²) >= 11 is 0. The number of aromatic nitrogens is 2. The zero-order valence-corrected chi connectivity index (χ0v) is 17.5. The summed E-state index contributed by atoms with van der Waals surface area (Å²) in [5.74, 6) is -0.889. The Morgan fingerprint density at radius 2 is 1.81 bits per heavy atom. The van der Waals surface area contributed by atoms with Crippen molar-refractivity contribution in [3.63, 3.8) is 0 Å². The van der Waals surface area contributed by atoms with Crippen molar-refractivity contribution < 1.29 is 13.2 Å². The van der Waals surface area contributed by atoms with E-state index in [4.69, 9.17) is 5.73 Å². The number of nitrogens with two attached hydrogens (primary N) is 1. The van der Waals surface area contributed by atoms with Crippen LogP contribution in [0.25, 0.3) is 0 Å². The molecule has 2 aromatic rings. The zero-order chi connectivity index (χ0) is 22.5. The molecule has 6 rings (SSSR count). The fourth-order valence-electron chi connectivity index (χ4n) is 6.30. The van der Waals surface area contributed by atoms with Crippen molar-refractivity contribution in [1.82, 2.24) is 9.97 Å². The van der Waals surface area contributed by atoms with Gasteiger partial charge in [-0.05, 0) is 67.4 Å². The average Bonchev–Trinajstić information content (AvgIpc) is 2.78. The molecule has 4 fully saturated rings. The second-order valence-electron chi connectivity index (χ2n) is 9.64. The van der Waals surface area contributed by atoms with Crippen molar-refractivity contribution in [3.8, 4) is 6.07 Å². The molecule has 0 saturated heterocycles. The van der Waals surface area contributed by atoms with Gasteiger partial charge in [0.2, 0.25) is 5.95 Å². The van der Waals surface area contributed by atoms with Crippen molar-refractivity contribution in [2.24, 2.45) is 28.9 Å². The highest BCUT2D eigenvalue weighted by atomic mass is 19.2. The van der Waals surface area contributed by atoms with Crippen molar-refractivity contribution in [3.05, 3.63) is 46.9 Å². The Balaban J connectivity index is 1.30. The van der Waals surface area contributed by atoms with Gasteiger partial charge in [0.05, 0.1) is 6.20 Å². The van der Waals surface area contributed by atoms with E-state index in [1.54, 1.807) is 0 Å². The molecule has 1 heterocycles. The van der Waals surface area contributed by atoms with Gasteiger partial charge in [0.15, 0.2) is 11.6 Å². The number of nitrogens with zero attached hydrogens (tertiary/aromatic N) is 3. The minimum atomic E-state index is -1.25. The molecule has 0 spiro atoms. The summed E-state index contributed by atoms with van der Waals surface area (Å²) < 4.78 is 41.2. The molecule has 0 aliphatic heterocycles. The Hall–Kier alpha value is -2.86. The van der Waals surface area contributed by atoms with Gasteiger partial charge in [-0.25, -0.2) is 18.2 Å². The molecular formula is C23H25F3N6. The normalized spacial score (nSPS) is 30.2. The number of anilines is 2. The quantitative estimate of drug-likeness (QED) is 0.586. The van der Waals surface area contributed by atoms with E-state index in [9.17, 15) is 18.4 Å². The molecule has 4 bridgehead atoms. The van der Waals surface area contributed by atoms with Crippen LogP contribution < -0.4 is 16.4 Å². The minimum absolute atomic E-state index is 0.0992. The van der Waals surface area contributed by atoms with Crippen LogP contribution in [0.2, 0.25) is 0 Å². The number of halogens is 3. The molecule has 3 unspecified atom stereocenters. The van der Waals surface area contributed by atoms with Crippen LogP contribution in [-0.4, -0.2) is 22.6 Å². The summed E-state index contributed by atoms with van der Waals surface area (Å²) in [5.41, 5.74) is 6.46. The second kappa shape index (κ2) is 7.93. The third kappa shape index (κ3) is 3.66. The smallest absolute Gasteiger partial charge is 0.224 e. The summed E-state index contributed by atoms with van der Waals surface area (Å²) in [6.07, 6.45) is 7.14. The molecule has 1 aromatic heterocycles. The molecule has 5 atom stereocenters. The number of hydrogen-bond acceptors (Lipinski definition) is 6. The number of rotatable bonds is 6. The molecule has 4 saturated carbocycles. The van der Waals surface area contributed by atoms with Gasteiger partial charge in [-0.3, -0.25) is 0 Å². The topological polar surface area (TPSA) is 99.6 Å². The Morgan fingerprint density at radius 1 is 1.09 bits per heavy atom. The highest BCUT2D eigenvalue weighted by Gasteiger charge is 2.54. The van der Waals surface area contributed by atoms with E-state index in [1.807, 2.05) is 0 Å². The third-order valence-electron chi connectivity index (χ3n) is 7.58. The lowest BCUT2D eigenvalue weighted by Crippen LogP contribution is -2.58. The third-order valence-corrected chi connectivity index (χ3v) is 7.58. The molecule has 9 heteroatoms. The summed E-state index contributed by atoms with van der Waals surface area (Å²) in [6.45, 7) is 0.370. The first-order chi connectivity index (χ1) is 15.4. The molecule has 0 radical (unpaired) electrons. The largest absolute Gasteiger partial charge is 0.368 e. The molecule has 4 N–H and O–H groups in total. The second-order valence-corrected chi connectivity index (χ2v) is 9.64. The highest BCUT2D eigenvalue weighted by Crippen LogP contribution is 2.59. The molecule has 0 amide bonds. The lowest BCUT2D eigenvalue weighted by atomic mass is 9.48. The maximum absolute atomic E-state index is 13.9. The minimum Gasteiger partial charge on any atom is -0.368 e. The Labute approximate surface area is 184 Å². The number of nitriles is 1. The predicted octanol–water partition coefficient (Wildman–Crippen LogP) is 3.94. The number of benzene rings is 1. The van der Waals surface area contributed by atoms with E-state index in [0.717, 1.165) is 37.3 Å². The molecule has 32 heavy (non-hydrogen) atoms. The van der Waals surface area contributed by atoms with Gasteiger partial charge in [0.25, 0.3) is 0 Å². The fourth-order valence-corrected chi connectivity index (χ4v) is 6.30. The lowest BCUT2D eigenvalue weighted by Gasteiger charge is -2.59. The first-order valence-corrected chi connectivity index (χ1v) is 11.0. The van der Waals surface area contributed by atoms with Crippen LogP contribution in [0.3, 0.4) is 0 Å². The molecule has 1 aromatic carbocycles. The molecule has 6 nitrogen and oxygen atoms in total. The van der Waals surface area contributed by atoms with Crippen molar-refractivity contribution in [1.29, 1.82) is 5.26 Å². The maximum Gasteiger partial charge on any atom is 0.224 e. The lowest BCUT2D eigenvalue weighted by molar-refractivity contribution is -0.0591. The van der Waals surface area contributed by atoms with E-state index in [1.165, 1.54) is 19.0 Å². The van der Waals surface area contributed by atoms with Crippen LogP contribution in [-0.2, 0) is 6.54 Å². The van der Waals surface area contributed by atoms with Crippen LogP contribution in [0.4, 0.5) is 24.9 Å². The Kier molecular flexibility index (Phi) is 5.20. The van der Waals surface area contributed by atoms with Crippen molar-refractivity contribution >= 4 is 11.8 Å². The zero-order valence-electron chi connectivity index (χ0n) is 17.5. The van der Waals surface area contributed by atoms with Gasteiger partial charge in [-0.2, -0.15) is 10.2 Å². The van der Waals surface area contributed by atoms with Crippen molar-refractivity contribution in [2.75, 3.05) is 17.2 Å². The van der Waals surface area contributed by atoms with Crippen LogP contribution in [0.15, 0.2) is 18.3 Å². The van der Waals surface area contributed by atoms with Crippen molar-refractivity contribution in [2.45, 2.75) is 44.7 Å². The maximum atomic E-state index is 13.9. The predicted molar refractivity (Wildman–Crippen MR) is 113 cm³/mol. The monoisotopic (exact) mass is 442 g/mol. The molecular weight excluding hydrogens is 417 g/mol. The van der Waals surface area contributed by atoms with Crippen LogP contribution in [0.5, 0.6) is 0 Å². The summed E-state index contributed by atoms with van der Waals surface area (Å²) in [4.78, 5) is 8.40. The van der Waals surface area contributed by atoms with Gasteiger partial charge >= 0.3 is 0 Å². The van der Waals surface area contributed by atoms with Gasteiger partial charge in [0.1, 0.15) is 23.3 Å². The standard InChI is InChI=1S/C23H25F3N6/c24-17-1-2-18(25)19(26)16(17)10-30-22-29-9-15(8-27)21(32-22)31-11-23-5-12-3-13(6-23)20(28)14(4-12)7-23/h1-2,9,12-14,20H,3-7,10-11,28H2,(H2,29,30,31,32)/t12?,13-,14+,20?,23?. The fraction of sp³-hybridized carbons (Fsp3) is 0.522. The number of hydrogen-bond donors (Lipinski definition) is 3. The molecule has 168 valence electrons. The summed E-state index contributed by atoms with van der Waals surface area (Å²) in [6, 6.07) is 4.00. The Bertz CT molecular complexity index is 1070. The molecule has 4 aliphatic rings. The average molecular weight is 442 g/mol. The summed E-state index contributed by atoms with van der Waals surface area (Å²) in [7, 11) is 0. The first-order valence-electron chi connectivity index (χ1n) is 11.0. The SMILES string of the molecule is N#Cc1cnc(NCc2c(F)ccc(F)c2F)nc1NCC12CC3C[C@H](C1)C(N)[C@@H](C3)C2. The van der Waals surface area contributed by atoms with Gasteiger partial charge < -0.3 is 16.4 Å². The van der Waals surface area contributed by atoms with Crippen LogP contribution in [0.1, 0.15) is 43.2 Å². The van der Waals surface area contributed by atoms with Gasteiger partial charge in [-0.15, -0.1) is 0 Å². The van der Waals surface area contributed by atoms with Gasteiger partial charge in [-0.1, -0.05) is 0 Å². The van der Waals surface area contributed by atoms with Gasteiger partial charge in [0, 0.05) is 24.7 Å². The van der Waals surface area contributed by atoms with E-state index < -0.39 is 23.0 Å². The van der Waals surface area contributed by atoms with E-state index >= 15 is 0 Å². The number of nitrogens with one attached hydrogen (secondary N) is 2. The summed E-state index contributed by atoms with van der Waals surface area (Å²) in [5, 5.41) is 15.5. The van der Waals surface area contributed by atoms with E-state index in [0.29, 0.717) is 35.8 Å². The van der Waals surface area contributed by atoms with Crippen LogP contribution in [0, 0.1) is 52.0 Å². The first kappa shape index (κ1) is 21.0.